The smallest absolute Gasteiger partial charge is 0.105 e. The highest BCUT2D eigenvalue weighted by Crippen LogP contribution is 2.22. The molecule has 0 aliphatic rings. The van der Waals surface area contributed by atoms with Gasteiger partial charge in [0.2, 0.25) is 0 Å². The van der Waals surface area contributed by atoms with Gasteiger partial charge in [0, 0.05) is 6.61 Å². The molecule has 0 bridgehead atoms. The van der Waals surface area contributed by atoms with Crippen LogP contribution < -0.4 is 0 Å². The Labute approximate surface area is 90.0 Å². The van der Waals surface area contributed by atoms with E-state index >= 15 is 0 Å². The molecule has 0 aliphatic heterocycles. The molecule has 0 aliphatic carbocycles. The highest BCUT2D eigenvalue weighted by Gasteiger charge is 2.19. The molecule has 3 nitrogen and oxygen atoms in total. The van der Waals surface area contributed by atoms with Gasteiger partial charge in [0.25, 0.3) is 0 Å². The minimum absolute atomic E-state index is 0.122. The van der Waals surface area contributed by atoms with Crippen LogP contribution in [0.15, 0.2) is 18.2 Å². The lowest BCUT2D eigenvalue weighted by molar-refractivity contribution is 0.00388. The molecule has 0 fully saturated rings. The zero-order chi connectivity index (χ0) is 11.4. The second-order valence-electron chi connectivity index (χ2n) is 3.88. The summed E-state index contributed by atoms with van der Waals surface area (Å²) in [6.45, 7) is 3.76. The van der Waals surface area contributed by atoms with Gasteiger partial charge in [-0.1, -0.05) is 23.8 Å². The fraction of sp³-hybridized carbons (Fsp3) is 0.500. The molecule has 0 spiro atoms. The molecule has 2 unspecified atom stereocenters. The molecule has 1 aromatic carbocycles. The van der Waals surface area contributed by atoms with Crippen LogP contribution in [0.3, 0.4) is 0 Å². The predicted octanol–water partition coefficient (Wildman–Crippen LogP) is 1.08. The lowest BCUT2D eigenvalue weighted by Crippen LogP contribution is -2.20. The zero-order valence-corrected chi connectivity index (χ0v) is 9.14. The minimum Gasteiger partial charge on any atom is -0.396 e. The Balaban J connectivity index is 2.86. The third kappa shape index (κ3) is 3.02. The molecule has 84 valence electrons. The quantitative estimate of drug-likeness (QED) is 0.697. The third-order valence-corrected chi connectivity index (χ3v) is 2.53. The van der Waals surface area contributed by atoms with Crippen molar-refractivity contribution in [1.82, 2.24) is 0 Å². The van der Waals surface area contributed by atoms with Crippen LogP contribution in [0.25, 0.3) is 0 Å². The van der Waals surface area contributed by atoms with Gasteiger partial charge < -0.3 is 15.3 Å². The Morgan fingerprint density at radius 3 is 2.40 bits per heavy atom. The summed E-state index contributed by atoms with van der Waals surface area (Å²) in [6.07, 6.45) is -1.64. The fourth-order valence-corrected chi connectivity index (χ4v) is 1.65. The molecule has 1 rings (SSSR count). The Hall–Kier alpha value is -0.900. The number of rotatable bonds is 4. The van der Waals surface area contributed by atoms with Crippen molar-refractivity contribution in [3.8, 4) is 0 Å². The van der Waals surface area contributed by atoms with Gasteiger partial charge in [-0.3, -0.25) is 0 Å². The summed E-state index contributed by atoms with van der Waals surface area (Å²) in [5.74, 6) is 0. The molecule has 0 saturated heterocycles. The van der Waals surface area contributed by atoms with Crippen molar-refractivity contribution in [1.29, 1.82) is 0 Å². The highest BCUT2D eigenvalue weighted by molar-refractivity contribution is 5.32. The van der Waals surface area contributed by atoms with Gasteiger partial charge >= 0.3 is 0 Å². The van der Waals surface area contributed by atoms with Gasteiger partial charge in [-0.25, -0.2) is 0 Å². The third-order valence-electron chi connectivity index (χ3n) is 2.53. The Bertz CT molecular complexity index is 323. The van der Waals surface area contributed by atoms with E-state index in [1.165, 1.54) is 0 Å². The summed E-state index contributed by atoms with van der Waals surface area (Å²) in [4.78, 5) is 0. The number of aliphatic hydroxyl groups is 3. The average molecular weight is 210 g/mol. The molecular weight excluding hydrogens is 192 g/mol. The van der Waals surface area contributed by atoms with Gasteiger partial charge in [0.05, 0.1) is 6.10 Å². The number of hydrogen-bond donors (Lipinski definition) is 3. The van der Waals surface area contributed by atoms with E-state index in [4.69, 9.17) is 5.11 Å². The van der Waals surface area contributed by atoms with E-state index in [1.54, 1.807) is 0 Å². The van der Waals surface area contributed by atoms with Gasteiger partial charge in [-0.2, -0.15) is 0 Å². The summed E-state index contributed by atoms with van der Waals surface area (Å²) in [5, 5.41) is 28.1. The monoisotopic (exact) mass is 210 g/mol. The van der Waals surface area contributed by atoms with Crippen LogP contribution in [-0.4, -0.2) is 28.0 Å². The first-order valence-corrected chi connectivity index (χ1v) is 5.10. The SMILES string of the molecule is Cc1ccc(C(O)C(O)CCO)c(C)c1. The van der Waals surface area contributed by atoms with E-state index in [2.05, 4.69) is 0 Å². The van der Waals surface area contributed by atoms with Crippen LogP contribution in [-0.2, 0) is 0 Å². The van der Waals surface area contributed by atoms with Crippen LogP contribution in [0.5, 0.6) is 0 Å². The van der Waals surface area contributed by atoms with Crippen molar-refractivity contribution in [2.75, 3.05) is 6.61 Å². The van der Waals surface area contributed by atoms with Gasteiger partial charge in [-0.15, -0.1) is 0 Å². The molecule has 0 heterocycles. The summed E-state index contributed by atoms with van der Waals surface area (Å²) in [7, 11) is 0. The van der Waals surface area contributed by atoms with Crippen LogP contribution in [0.4, 0.5) is 0 Å². The Morgan fingerprint density at radius 1 is 1.20 bits per heavy atom. The molecule has 3 heteroatoms. The molecule has 0 radical (unpaired) electrons. The second-order valence-corrected chi connectivity index (χ2v) is 3.88. The maximum Gasteiger partial charge on any atom is 0.105 e. The van der Waals surface area contributed by atoms with Crippen molar-refractivity contribution in [3.63, 3.8) is 0 Å². The number of aliphatic hydroxyl groups excluding tert-OH is 3. The highest BCUT2D eigenvalue weighted by atomic mass is 16.3. The van der Waals surface area contributed by atoms with Crippen LogP contribution in [0.2, 0.25) is 0 Å². The summed E-state index contributed by atoms with van der Waals surface area (Å²) in [6, 6.07) is 5.68. The average Bonchev–Trinajstić information content (AvgIpc) is 2.17. The lowest BCUT2D eigenvalue weighted by Gasteiger charge is -2.19. The van der Waals surface area contributed by atoms with Gasteiger partial charge in [0.1, 0.15) is 6.10 Å². The Morgan fingerprint density at radius 2 is 1.87 bits per heavy atom. The number of hydrogen-bond acceptors (Lipinski definition) is 3. The minimum atomic E-state index is -0.919. The van der Waals surface area contributed by atoms with E-state index in [9.17, 15) is 10.2 Å². The van der Waals surface area contributed by atoms with Crippen molar-refractivity contribution in [3.05, 3.63) is 34.9 Å². The van der Waals surface area contributed by atoms with Crippen molar-refractivity contribution >= 4 is 0 Å². The fourth-order valence-electron chi connectivity index (χ4n) is 1.65. The molecule has 0 amide bonds. The van der Waals surface area contributed by atoms with Crippen LogP contribution in [0, 0.1) is 13.8 Å². The molecule has 0 aromatic heterocycles. The first kappa shape index (κ1) is 12.2. The molecular formula is C12H18O3. The topological polar surface area (TPSA) is 60.7 Å². The van der Waals surface area contributed by atoms with Gasteiger partial charge in [0.15, 0.2) is 0 Å². The number of benzene rings is 1. The normalized spacial score (nSPS) is 15.0. The largest absolute Gasteiger partial charge is 0.396 e. The molecule has 2 atom stereocenters. The van der Waals surface area contributed by atoms with Crippen LogP contribution >= 0.6 is 0 Å². The summed E-state index contributed by atoms with van der Waals surface area (Å²) < 4.78 is 0. The first-order chi connectivity index (χ1) is 7.06. The summed E-state index contributed by atoms with van der Waals surface area (Å²) >= 11 is 0. The lowest BCUT2D eigenvalue weighted by atomic mass is 9.96. The van der Waals surface area contributed by atoms with Crippen molar-refractivity contribution < 1.29 is 15.3 Å². The second kappa shape index (κ2) is 5.26. The maximum absolute atomic E-state index is 9.83. The standard InChI is InChI=1S/C12H18O3/c1-8-3-4-10(9(2)7-8)12(15)11(14)5-6-13/h3-4,7,11-15H,5-6H2,1-2H3. The predicted molar refractivity (Wildman–Crippen MR) is 58.6 cm³/mol. The van der Waals surface area contributed by atoms with Crippen LogP contribution in [0.1, 0.15) is 29.2 Å². The zero-order valence-electron chi connectivity index (χ0n) is 9.14. The van der Waals surface area contributed by atoms with E-state index in [0.29, 0.717) is 0 Å². The van der Waals surface area contributed by atoms with Crippen molar-refractivity contribution in [2.45, 2.75) is 32.5 Å². The van der Waals surface area contributed by atoms with Gasteiger partial charge in [-0.05, 0) is 31.4 Å². The maximum atomic E-state index is 9.83. The molecule has 0 saturated carbocycles. The molecule has 3 N–H and O–H groups in total. The van der Waals surface area contributed by atoms with E-state index in [0.717, 1.165) is 16.7 Å². The Kier molecular flexibility index (Phi) is 4.27. The van der Waals surface area contributed by atoms with E-state index < -0.39 is 12.2 Å². The number of aryl methyl sites for hydroxylation is 2. The van der Waals surface area contributed by atoms with E-state index in [-0.39, 0.29) is 13.0 Å². The first-order valence-electron chi connectivity index (χ1n) is 5.10. The molecule has 1 aromatic rings. The summed E-state index contributed by atoms with van der Waals surface area (Å²) in [5.41, 5.74) is 2.81. The molecule has 15 heavy (non-hydrogen) atoms. The van der Waals surface area contributed by atoms with Crippen molar-refractivity contribution in [2.24, 2.45) is 0 Å². The van der Waals surface area contributed by atoms with E-state index in [1.807, 2.05) is 32.0 Å².